The summed E-state index contributed by atoms with van der Waals surface area (Å²) in [6.07, 6.45) is 3.13. The van der Waals surface area contributed by atoms with E-state index in [1.54, 1.807) is 12.4 Å². The van der Waals surface area contributed by atoms with Crippen molar-refractivity contribution in [3.05, 3.63) is 89.2 Å². The molecule has 34 heavy (non-hydrogen) atoms. The van der Waals surface area contributed by atoms with Gasteiger partial charge in [0.25, 0.3) is 15.9 Å². The summed E-state index contributed by atoms with van der Waals surface area (Å²) in [5, 5.41) is 2.96. The fraction of sp³-hybridized carbons (Fsp3) is 0.200. The van der Waals surface area contributed by atoms with Crippen LogP contribution in [0.4, 0.5) is 5.69 Å². The number of sulfonamides is 1. The first-order valence-corrected chi connectivity index (χ1v) is 12.9. The fourth-order valence-corrected chi connectivity index (χ4v) is 6.27. The van der Waals surface area contributed by atoms with E-state index in [1.807, 2.05) is 47.0 Å². The Balaban J connectivity index is 1.27. The molecule has 7 nitrogen and oxygen atoms in total. The highest BCUT2D eigenvalue weighted by Crippen LogP contribution is 2.35. The van der Waals surface area contributed by atoms with E-state index in [0.717, 1.165) is 16.6 Å². The van der Waals surface area contributed by atoms with Crippen molar-refractivity contribution in [3.63, 3.8) is 0 Å². The molecule has 1 aromatic heterocycles. The number of carbonyl (C=O) groups is 1. The summed E-state index contributed by atoms with van der Waals surface area (Å²) in [5.74, 6) is -0.342. The minimum atomic E-state index is -3.90. The van der Waals surface area contributed by atoms with Gasteiger partial charge in [0.2, 0.25) is 0 Å². The molecule has 2 heterocycles. The van der Waals surface area contributed by atoms with Crippen molar-refractivity contribution in [1.82, 2.24) is 14.9 Å². The van der Waals surface area contributed by atoms with E-state index >= 15 is 0 Å². The molecule has 9 heteroatoms. The number of nitrogens with zero attached hydrogens (tertiary/aromatic N) is 3. The van der Waals surface area contributed by atoms with Crippen molar-refractivity contribution in [3.8, 4) is 0 Å². The minimum Gasteiger partial charge on any atom is -0.352 e. The number of anilines is 1. The average molecular weight is 495 g/mol. The molecular weight excluding hydrogens is 472 g/mol. The second kappa shape index (κ2) is 9.12. The van der Waals surface area contributed by atoms with E-state index in [2.05, 4.69) is 10.3 Å². The molecule has 0 saturated carbocycles. The van der Waals surface area contributed by atoms with E-state index < -0.39 is 10.0 Å². The summed E-state index contributed by atoms with van der Waals surface area (Å²) in [7, 11) is -3.90. The highest BCUT2D eigenvalue weighted by Gasteiger charge is 2.32. The van der Waals surface area contributed by atoms with Gasteiger partial charge in [0.05, 0.1) is 28.1 Å². The van der Waals surface area contributed by atoms with Crippen molar-refractivity contribution in [1.29, 1.82) is 0 Å². The van der Waals surface area contributed by atoms with Crippen molar-refractivity contribution >= 4 is 44.3 Å². The van der Waals surface area contributed by atoms with Gasteiger partial charge in [0, 0.05) is 25.2 Å². The Bertz CT molecular complexity index is 1480. The van der Waals surface area contributed by atoms with Gasteiger partial charge in [-0.25, -0.2) is 13.4 Å². The second-order valence-electron chi connectivity index (χ2n) is 8.14. The smallest absolute Gasteiger partial charge is 0.265 e. The molecule has 3 aromatic carbocycles. The first-order valence-electron chi connectivity index (χ1n) is 11.0. The topological polar surface area (TPSA) is 84.3 Å². The highest BCUT2D eigenvalue weighted by molar-refractivity contribution is 7.93. The number of fused-ring (bicyclic) bond motifs is 2. The normalized spacial score (nSPS) is 13.3. The van der Waals surface area contributed by atoms with Gasteiger partial charge >= 0.3 is 0 Å². The summed E-state index contributed by atoms with van der Waals surface area (Å²) >= 11 is 6.28. The zero-order chi connectivity index (χ0) is 23.7. The number of para-hydroxylation sites is 3. The predicted octanol–water partition coefficient (Wildman–Crippen LogP) is 4.26. The van der Waals surface area contributed by atoms with Crippen molar-refractivity contribution < 1.29 is 13.2 Å². The standard InChI is InChI=1S/C25H23ClN4O3S/c26-20-11-10-19(16-24(20)34(32,33)30-15-12-18-6-1-3-8-22(18)30)25(31)27-13-5-14-29-17-28-21-7-2-4-9-23(21)29/h1-4,6-11,16-17H,5,12-15H2,(H,27,31). The molecule has 0 atom stereocenters. The van der Waals surface area contributed by atoms with E-state index in [1.165, 1.54) is 22.5 Å². The number of benzene rings is 3. The molecule has 1 amide bonds. The number of amides is 1. The molecular formula is C25H23ClN4O3S. The summed E-state index contributed by atoms with van der Waals surface area (Å²) in [6.45, 7) is 1.49. The fourth-order valence-electron chi connectivity index (χ4n) is 4.26. The zero-order valence-electron chi connectivity index (χ0n) is 18.3. The maximum atomic E-state index is 13.4. The maximum absolute atomic E-state index is 13.4. The number of imidazole rings is 1. The van der Waals surface area contributed by atoms with Crippen LogP contribution in [0.2, 0.25) is 5.02 Å². The third-order valence-electron chi connectivity index (χ3n) is 5.99. The lowest BCUT2D eigenvalue weighted by atomic mass is 10.2. The number of aromatic nitrogens is 2. The average Bonchev–Trinajstić information content (AvgIpc) is 3.47. The van der Waals surface area contributed by atoms with Crippen molar-refractivity contribution in [2.45, 2.75) is 24.3 Å². The largest absolute Gasteiger partial charge is 0.352 e. The lowest BCUT2D eigenvalue weighted by Gasteiger charge is -2.20. The minimum absolute atomic E-state index is 0.0663. The monoisotopic (exact) mass is 494 g/mol. The summed E-state index contributed by atoms with van der Waals surface area (Å²) in [6, 6.07) is 19.6. The Morgan fingerprint density at radius 3 is 2.74 bits per heavy atom. The number of aryl methyl sites for hydroxylation is 1. The number of hydrogen-bond acceptors (Lipinski definition) is 4. The van der Waals surface area contributed by atoms with E-state index in [0.29, 0.717) is 38.2 Å². The van der Waals surface area contributed by atoms with Gasteiger partial charge < -0.3 is 9.88 Å². The number of hydrogen-bond donors (Lipinski definition) is 1. The highest BCUT2D eigenvalue weighted by atomic mass is 35.5. The van der Waals surface area contributed by atoms with Gasteiger partial charge in [-0.05, 0) is 54.8 Å². The van der Waals surface area contributed by atoms with E-state index in [-0.39, 0.29) is 21.4 Å². The van der Waals surface area contributed by atoms with Gasteiger partial charge in [-0.2, -0.15) is 0 Å². The van der Waals surface area contributed by atoms with Crippen LogP contribution in [0.1, 0.15) is 22.3 Å². The van der Waals surface area contributed by atoms with Crippen LogP contribution >= 0.6 is 11.6 Å². The SMILES string of the molecule is O=C(NCCCn1cnc2ccccc21)c1ccc(Cl)c(S(=O)(=O)N2CCc3ccccc32)c1. The second-order valence-corrected chi connectivity index (χ2v) is 10.4. The molecule has 1 N–H and O–H groups in total. The van der Waals surface area contributed by atoms with Crippen LogP contribution in [0.3, 0.4) is 0 Å². The Kier molecular flexibility index (Phi) is 6.02. The van der Waals surface area contributed by atoms with Crippen LogP contribution in [-0.4, -0.2) is 37.0 Å². The van der Waals surface area contributed by atoms with Crippen LogP contribution in [0.15, 0.2) is 78.0 Å². The number of halogens is 1. The van der Waals surface area contributed by atoms with E-state index in [4.69, 9.17) is 11.6 Å². The van der Waals surface area contributed by atoms with Gasteiger partial charge in [0.15, 0.2) is 0 Å². The quantitative estimate of drug-likeness (QED) is 0.389. The molecule has 174 valence electrons. The molecule has 0 fully saturated rings. The van der Waals surface area contributed by atoms with Crippen LogP contribution in [0.25, 0.3) is 11.0 Å². The molecule has 0 radical (unpaired) electrons. The van der Waals surface area contributed by atoms with Gasteiger partial charge in [-0.15, -0.1) is 0 Å². The summed E-state index contributed by atoms with van der Waals surface area (Å²) in [5.41, 5.74) is 3.86. The van der Waals surface area contributed by atoms with Crippen LogP contribution in [0, 0.1) is 0 Å². The first kappa shape index (κ1) is 22.4. The van der Waals surface area contributed by atoms with E-state index in [9.17, 15) is 13.2 Å². The Hall–Kier alpha value is -3.36. The molecule has 4 aromatic rings. The molecule has 0 bridgehead atoms. The van der Waals surface area contributed by atoms with Crippen molar-refractivity contribution in [2.75, 3.05) is 17.4 Å². The third-order valence-corrected chi connectivity index (χ3v) is 8.29. The number of rotatable bonds is 7. The molecule has 0 spiro atoms. The van der Waals surface area contributed by atoms with Gasteiger partial charge in [-0.3, -0.25) is 9.10 Å². The lowest BCUT2D eigenvalue weighted by Crippen LogP contribution is -2.30. The van der Waals surface area contributed by atoms with Gasteiger partial charge in [-0.1, -0.05) is 41.9 Å². The zero-order valence-corrected chi connectivity index (χ0v) is 19.9. The molecule has 1 aliphatic rings. The molecule has 0 unspecified atom stereocenters. The molecule has 5 rings (SSSR count). The maximum Gasteiger partial charge on any atom is 0.265 e. The van der Waals surface area contributed by atoms with Gasteiger partial charge in [0.1, 0.15) is 4.90 Å². The first-order chi connectivity index (χ1) is 16.4. The Morgan fingerprint density at radius 1 is 1.06 bits per heavy atom. The number of carbonyl (C=O) groups excluding carboxylic acids is 1. The lowest BCUT2D eigenvalue weighted by molar-refractivity contribution is 0.0952. The Morgan fingerprint density at radius 2 is 1.85 bits per heavy atom. The van der Waals surface area contributed by atoms with Crippen LogP contribution < -0.4 is 9.62 Å². The summed E-state index contributed by atoms with van der Waals surface area (Å²) in [4.78, 5) is 17.1. The van der Waals surface area contributed by atoms with Crippen LogP contribution in [0.5, 0.6) is 0 Å². The Labute approximate surface area is 203 Å². The van der Waals surface area contributed by atoms with Crippen LogP contribution in [-0.2, 0) is 23.0 Å². The molecule has 1 aliphatic heterocycles. The predicted molar refractivity (Wildman–Crippen MR) is 133 cm³/mol. The van der Waals surface area contributed by atoms with Crippen molar-refractivity contribution in [2.24, 2.45) is 0 Å². The number of nitrogens with one attached hydrogen (secondary N) is 1. The molecule has 0 aliphatic carbocycles. The molecule has 0 saturated heterocycles. The third kappa shape index (κ3) is 4.15. The summed E-state index contributed by atoms with van der Waals surface area (Å²) < 4.78 is 30.2.